The number of benzene rings is 1. The summed E-state index contributed by atoms with van der Waals surface area (Å²) in [6.45, 7) is 0. The van der Waals surface area contributed by atoms with Crippen LogP contribution in [0.3, 0.4) is 0 Å². The van der Waals surface area contributed by atoms with Crippen LogP contribution in [0.1, 0.15) is 21.7 Å². The number of carbonyl (C=O) groups excluding carboxylic acids is 1. The first kappa shape index (κ1) is 16.0. The Balaban J connectivity index is 1.61. The highest BCUT2D eigenvalue weighted by molar-refractivity contribution is 5.94. The van der Waals surface area contributed by atoms with E-state index in [4.69, 9.17) is 0 Å². The summed E-state index contributed by atoms with van der Waals surface area (Å²) < 4.78 is 1.79. The van der Waals surface area contributed by atoms with Gasteiger partial charge in [0, 0.05) is 32.3 Å². The number of nitrogens with one attached hydrogen (secondary N) is 2. The van der Waals surface area contributed by atoms with Crippen molar-refractivity contribution in [3.63, 3.8) is 0 Å². The number of carbonyl (C=O) groups is 1. The zero-order valence-corrected chi connectivity index (χ0v) is 14.5. The Hall–Kier alpha value is -3.48. The van der Waals surface area contributed by atoms with Crippen LogP contribution >= 0.6 is 0 Å². The number of aromatic nitrogens is 5. The number of nitrogens with zero attached hydrogens (tertiary/aromatic N) is 4. The molecule has 130 valence electrons. The molecule has 7 nitrogen and oxygen atoms in total. The van der Waals surface area contributed by atoms with Crippen LogP contribution in [0.15, 0.2) is 48.8 Å². The molecule has 0 aliphatic carbocycles. The number of aryl methyl sites for hydroxylation is 1. The Morgan fingerprint density at radius 2 is 1.96 bits per heavy atom. The van der Waals surface area contributed by atoms with Crippen LogP contribution in [-0.4, -0.2) is 37.9 Å². The predicted octanol–water partition coefficient (Wildman–Crippen LogP) is 2.31. The number of H-pyrrole nitrogens is 1. The molecule has 2 N–H and O–H groups in total. The van der Waals surface area contributed by atoms with Crippen LogP contribution in [0.2, 0.25) is 0 Å². The summed E-state index contributed by atoms with van der Waals surface area (Å²) in [5, 5.41) is 14.1. The molecule has 0 fully saturated rings. The molecule has 1 aromatic carbocycles. The molecule has 0 spiro atoms. The van der Waals surface area contributed by atoms with E-state index in [0.717, 1.165) is 33.4 Å². The van der Waals surface area contributed by atoms with Gasteiger partial charge in [-0.05, 0) is 23.3 Å². The first-order chi connectivity index (χ1) is 12.6. The molecule has 0 bridgehead atoms. The average molecular weight is 346 g/mol. The van der Waals surface area contributed by atoms with Crippen molar-refractivity contribution in [2.45, 2.75) is 6.42 Å². The zero-order valence-electron chi connectivity index (χ0n) is 14.5. The van der Waals surface area contributed by atoms with Gasteiger partial charge < -0.3 is 5.32 Å². The minimum absolute atomic E-state index is 0.208. The summed E-state index contributed by atoms with van der Waals surface area (Å²) in [7, 11) is 3.50. The molecule has 26 heavy (non-hydrogen) atoms. The van der Waals surface area contributed by atoms with E-state index in [-0.39, 0.29) is 5.91 Å². The molecule has 3 aromatic heterocycles. The molecule has 3 heterocycles. The Labute approximate surface area is 150 Å². The third-order valence-electron chi connectivity index (χ3n) is 4.30. The van der Waals surface area contributed by atoms with Crippen LogP contribution in [0.5, 0.6) is 0 Å². The van der Waals surface area contributed by atoms with E-state index >= 15 is 0 Å². The number of pyridine rings is 1. The molecule has 4 rings (SSSR count). The zero-order chi connectivity index (χ0) is 18.1. The third-order valence-corrected chi connectivity index (χ3v) is 4.30. The minimum Gasteiger partial charge on any atom is -0.354 e. The summed E-state index contributed by atoms with van der Waals surface area (Å²) in [5.41, 5.74) is 6.09. The fourth-order valence-corrected chi connectivity index (χ4v) is 2.91. The van der Waals surface area contributed by atoms with E-state index in [9.17, 15) is 4.79 Å². The second-order valence-corrected chi connectivity index (χ2v) is 6.12. The molecule has 7 heteroatoms. The molecule has 0 aliphatic heterocycles. The van der Waals surface area contributed by atoms with E-state index in [2.05, 4.69) is 49.9 Å². The average Bonchev–Trinajstić information content (AvgIpc) is 3.28. The maximum atomic E-state index is 11.8. The van der Waals surface area contributed by atoms with Crippen LogP contribution in [-0.2, 0) is 13.5 Å². The van der Waals surface area contributed by atoms with Crippen molar-refractivity contribution < 1.29 is 4.79 Å². The molecule has 0 unspecified atom stereocenters. The molecular formula is C19H18N6O. The van der Waals surface area contributed by atoms with Gasteiger partial charge in [-0.15, -0.1) is 0 Å². The van der Waals surface area contributed by atoms with E-state index in [1.807, 2.05) is 19.4 Å². The highest BCUT2D eigenvalue weighted by Crippen LogP contribution is 2.21. The van der Waals surface area contributed by atoms with Gasteiger partial charge in [-0.1, -0.05) is 24.3 Å². The Morgan fingerprint density at radius 3 is 2.65 bits per heavy atom. The first-order valence-electron chi connectivity index (χ1n) is 8.28. The van der Waals surface area contributed by atoms with Crippen LogP contribution in [0.4, 0.5) is 0 Å². The molecule has 0 saturated carbocycles. The fraction of sp³-hybridized carbons (Fsp3) is 0.158. The lowest BCUT2D eigenvalue weighted by Gasteiger charge is -2.03. The van der Waals surface area contributed by atoms with E-state index in [0.29, 0.717) is 12.1 Å². The fourth-order valence-electron chi connectivity index (χ4n) is 2.91. The lowest BCUT2D eigenvalue weighted by atomic mass is 10.0. The maximum Gasteiger partial charge on any atom is 0.269 e. The van der Waals surface area contributed by atoms with Gasteiger partial charge in [-0.2, -0.15) is 10.2 Å². The molecule has 0 radical (unpaired) electrons. The van der Waals surface area contributed by atoms with Gasteiger partial charge in [0.15, 0.2) is 0 Å². The minimum atomic E-state index is -0.208. The van der Waals surface area contributed by atoms with Crippen molar-refractivity contribution in [3.8, 4) is 11.1 Å². The van der Waals surface area contributed by atoms with Crippen LogP contribution in [0, 0.1) is 0 Å². The molecule has 0 aliphatic rings. The third kappa shape index (κ3) is 2.95. The largest absolute Gasteiger partial charge is 0.354 e. The lowest BCUT2D eigenvalue weighted by molar-refractivity contribution is 0.0958. The molecule has 1 amide bonds. The normalized spacial score (nSPS) is 11.0. The molecule has 0 saturated heterocycles. The SMILES string of the molecule is CNC(=O)c1ccc2n[nH]c(Cc3ccc(-c4cnn(C)c4)cc3)c2n1. The van der Waals surface area contributed by atoms with Gasteiger partial charge in [0.25, 0.3) is 5.91 Å². The monoisotopic (exact) mass is 346 g/mol. The van der Waals surface area contributed by atoms with Crippen molar-refractivity contribution in [1.82, 2.24) is 30.3 Å². The highest BCUT2D eigenvalue weighted by atomic mass is 16.1. The summed E-state index contributed by atoms with van der Waals surface area (Å²) >= 11 is 0. The van der Waals surface area contributed by atoms with Crippen molar-refractivity contribution in [3.05, 3.63) is 65.7 Å². The van der Waals surface area contributed by atoms with Crippen molar-refractivity contribution >= 4 is 16.9 Å². The van der Waals surface area contributed by atoms with Crippen LogP contribution < -0.4 is 5.32 Å². The molecular weight excluding hydrogens is 328 g/mol. The summed E-state index contributed by atoms with van der Waals surface area (Å²) in [4.78, 5) is 16.3. The topological polar surface area (TPSA) is 88.5 Å². The quantitative estimate of drug-likeness (QED) is 0.593. The summed E-state index contributed by atoms with van der Waals surface area (Å²) in [6.07, 6.45) is 4.50. The number of hydrogen-bond acceptors (Lipinski definition) is 4. The highest BCUT2D eigenvalue weighted by Gasteiger charge is 2.12. The van der Waals surface area contributed by atoms with E-state index in [1.54, 1.807) is 23.9 Å². The van der Waals surface area contributed by atoms with Gasteiger partial charge >= 0.3 is 0 Å². The Kier molecular flexibility index (Phi) is 3.96. The predicted molar refractivity (Wildman–Crippen MR) is 98.7 cm³/mol. The standard InChI is InChI=1S/C19H18N6O/c1-20-19(26)16-8-7-15-18(22-16)17(24-23-15)9-12-3-5-13(6-4-12)14-10-21-25(2)11-14/h3-8,10-11H,9H2,1-2H3,(H,20,26)(H,23,24). The summed E-state index contributed by atoms with van der Waals surface area (Å²) in [6, 6.07) is 11.8. The number of fused-ring (bicyclic) bond motifs is 1. The first-order valence-corrected chi connectivity index (χ1v) is 8.28. The van der Waals surface area contributed by atoms with Gasteiger partial charge in [0.1, 0.15) is 16.7 Å². The number of amides is 1. The van der Waals surface area contributed by atoms with Crippen molar-refractivity contribution in [2.24, 2.45) is 7.05 Å². The van der Waals surface area contributed by atoms with Gasteiger partial charge in [-0.3, -0.25) is 14.6 Å². The van der Waals surface area contributed by atoms with Gasteiger partial charge in [-0.25, -0.2) is 4.98 Å². The van der Waals surface area contributed by atoms with Crippen molar-refractivity contribution in [1.29, 1.82) is 0 Å². The smallest absolute Gasteiger partial charge is 0.269 e. The van der Waals surface area contributed by atoms with Gasteiger partial charge in [0.2, 0.25) is 0 Å². The van der Waals surface area contributed by atoms with Crippen LogP contribution in [0.25, 0.3) is 22.2 Å². The second kappa shape index (κ2) is 6.44. The second-order valence-electron chi connectivity index (χ2n) is 6.12. The number of rotatable bonds is 4. The van der Waals surface area contributed by atoms with E-state index in [1.165, 1.54) is 0 Å². The molecule has 0 atom stereocenters. The maximum absolute atomic E-state index is 11.8. The van der Waals surface area contributed by atoms with Gasteiger partial charge in [0.05, 0.1) is 11.9 Å². The summed E-state index contributed by atoms with van der Waals surface area (Å²) in [5.74, 6) is -0.208. The van der Waals surface area contributed by atoms with E-state index < -0.39 is 0 Å². The molecule has 4 aromatic rings. The Morgan fingerprint density at radius 1 is 1.15 bits per heavy atom. The van der Waals surface area contributed by atoms with Crippen molar-refractivity contribution in [2.75, 3.05) is 7.05 Å². The number of hydrogen-bond donors (Lipinski definition) is 2. The Bertz CT molecular complexity index is 1080. The lowest BCUT2D eigenvalue weighted by Crippen LogP contribution is -2.19. The number of aromatic amines is 1.